The maximum absolute atomic E-state index is 10.5. The van der Waals surface area contributed by atoms with Crippen LogP contribution >= 0.6 is 0 Å². The van der Waals surface area contributed by atoms with Crippen LogP contribution in [0.4, 0.5) is 4.79 Å². The van der Waals surface area contributed by atoms with Crippen LogP contribution in [0.25, 0.3) is 0 Å². The topological polar surface area (TPSA) is 75.6 Å². The van der Waals surface area contributed by atoms with Gasteiger partial charge >= 0.3 is 12.1 Å². The number of carboxylic acids is 1. The molecule has 0 rings (SSSR count). The number of amides is 1. The van der Waals surface area contributed by atoms with Crippen molar-refractivity contribution < 1.29 is 19.4 Å². The van der Waals surface area contributed by atoms with E-state index in [9.17, 15) is 9.59 Å². The van der Waals surface area contributed by atoms with Crippen molar-refractivity contribution in [3.8, 4) is 0 Å². The van der Waals surface area contributed by atoms with E-state index in [0.29, 0.717) is 0 Å². The zero-order valence-electron chi connectivity index (χ0n) is 6.03. The molecule has 0 aromatic heterocycles. The molecular weight excluding hydrogens is 150 g/mol. The van der Waals surface area contributed by atoms with E-state index < -0.39 is 18.1 Å². The molecule has 1 atom stereocenters. The summed E-state index contributed by atoms with van der Waals surface area (Å²) in [7, 11) is 0. The molecule has 0 fully saturated rings. The third kappa shape index (κ3) is 3.96. The average Bonchev–Trinajstić information content (AvgIpc) is 1.87. The molecule has 0 spiro atoms. The SMILES string of the molecule is C=COC(=O)N[C@@H](C)C(=O)O. The van der Waals surface area contributed by atoms with Crippen LogP contribution in [0.1, 0.15) is 6.92 Å². The first-order chi connectivity index (χ1) is 5.07. The van der Waals surface area contributed by atoms with Crippen LogP contribution in [-0.2, 0) is 9.53 Å². The van der Waals surface area contributed by atoms with Crippen molar-refractivity contribution in [2.24, 2.45) is 0 Å². The van der Waals surface area contributed by atoms with E-state index in [1.165, 1.54) is 6.92 Å². The molecule has 0 bridgehead atoms. The average molecular weight is 159 g/mol. The number of carbonyl (C=O) groups is 2. The monoisotopic (exact) mass is 159 g/mol. The number of hydrogen-bond donors (Lipinski definition) is 2. The predicted octanol–water partition coefficient (Wildman–Crippen LogP) is 0.329. The Kier molecular flexibility index (Phi) is 3.72. The Morgan fingerprint density at radius 1 is 1.73 bits per heavy atom. The minimum absolute atomic E-state index is 0.824. The summed E-state index contributed by atoms with van der Waals surface area (Å²) in [5.41, 5.74) is 0. The predicted molar refractivity (Wildman–Crippen MR) is 36.9 cm³/mol. The van der Waals surface area contributed by atoms with Gasteiger partial charge in [-0.15, -0.1) is 0 Å². The molecule has 0 aliphatic heterocycles. The summed E-state index contributed by atoms with van der Waals surface area (Å²) < 4.78 is 4.21. The number of hydrogen-bond acceptors (Lipinski definition) is 3. The van der Waals surface area contributed by atoms with Gasteiger partial charge in [0.1, 0.15) is 6.04 Å². The van der Waals surface area contributed by atoms with Gasteiger partial charge in [-0.25, -0.2) is 4.79 Å². The lowest BCUT2D eigenvalue weighted by molar-refractivity contribution is -0.138. The van der Waals surface area contributed by atoms with Gasteiger partial charge in [0.2, 0.25) is 0 Å². The van der Waals surface area contributed by atoms with Crippen molar-refractivity contribution in [2.45, 2.75) is 13.0 Å². The molecule has 5 heteroatoms. The first-order valence-corrected chi connectivity index (χ1v) is 2.88. The molecule has 0 radical (unpaired) electrons. The lowest BCUT2D eigenvalue weighted by Crippen LogP contribution is -2.37. The number of aliphatic carboxylic acids is 1. The Morgan fingerprint density at radius 2 is 2.27 bits per heavy atom. The highest BCUT2D eigenvalue weighted by Gasteiger charge is 2.13. The van der Waals surface area contributed by atoms with E-state index in [0.717, 1.165) is 6.26 Å². The molecule has 11 heavy (non-hydrogen) atoms. The molecule has 1 amide bonds. The third-order valence-electron chi connectivity index (χ3n) is 0.895. The van der Waals surface area contributed by atoms with Gasteiger partial charge < -0.3 is 15.2 Å². The van der Waals surface area contributed by atoms with E-state index in [2.05, 4.69) is 11.3 Å². The second kappa shape index (κ2) is 4.32. The van der Waals surface area contributed by atoms with E-state index in [-0.39, 0.29) is 0 Å². The number of ether oxygens (including phenoxy) is 1. The van der Waals surface area contributed by atoms with E-state index >= 15 is 0 Å². The fourth-order valence-corrected chi connectivity index (χ4v) is 0.348. The van der Waals surface area contributed by atoms with Gasteiger partial charge in [0.15, 0.2) is 0 Å². The van der Waals surface area contributed by atoms with Gasteiger partial charge in [-0.1, -0.05) is 6.58 Å². The highest BCUT2D eigenvalue weighted by molar-refractivity contribution is 5.79. The van der Waals surface area contributed by atoms with Gasteiger partial charge in [0.05, 0.1) is 6.26 Å². The highest BCUT2D eigenvalue weighted by atomic mass is 16.5. The van der Waals surface area contributed by atoms with Gasteiger partial charge in [0, 0.05) is 0 Å². The molecule has 0 aromatic carbocycles. The Labute approximate surface area is 63.7 Å². The van der Waals surface area contributed by atoms with Crippen molar-refractivity contribution in [3.05, 3.63) is 12.8 Å². The van der Waals surface area contributed by atoms with Crippen LogP contribution < -0.4 is 5.32 Å². The maximum atomic E-state index is 10.5. The molecule has 0 aliphatic rings. The van der Waals surface area contributed by atoms with E-state index in [4.69, 9.17) is 5.11 Å². The molecule has 2 N–H and O–H groups in total. The summed E-state index contributed by atoms with van der Waals surface area (Å²) in [6.07, 6.45) is 0.0964. The minimum Gasteiger partial charge on any atom is -0.480 e. The Balaban J connectivity index is 3.74. The molecule has 5 nitrogen and oxygen atoms in total. The fourth-order valence-electron chi connectivity index (χ4n) is 0.348. The zero-order chi connectivity index (χ0) is 8.85. The second-order valence-corrected chi connectivity index (χ2v) is 1.78. The summed E-state index contributed by atoms with van der Waals surface area (Å²) in [5.74, 6) is -1.12. The standard InChI is InChI=1S/C6H9NO4/c1-3-11-6(10)7-4(2)5(8)9/h3-4H,1H2,2H3,(H,7,10)(H,8,9)/t4-/m0/s1. The van der Waals surface area contributed by atoms with Crippen LogP contribution in [0.3, 0.4) is 0 Å². The van der Waals surface area contributed by atoms with Crippen LogP contribution in [0, 0.1) is 0 Å². The van der Waals surface area contributed by atoms with Crippen LogP contribution in [0.2, 0.25) is 0 Å². The molecule has 62 valence electrons. The third-order valence-corrected chi connectivity index (χ3v) is 0.895. The molecule has 0 saturated heterocycles. The first kappa shape index (κ1) is 9.48. The minimum atomic E-state index is -1.12. The molecule has 0 saturated carbocycles. The largest absolute Gasteiger partial charge is 0.480 e. The van der Waals surface area contributed by atoms with Gasteiger partial charge in [0.25, 0.3) is 0 Å². The summed E-state index contributed by atoms with van der Waals surface area (Å²) >= 11 is 0. The first-order valence-electron chi connectivity index (χ1n) is 2.88. The van der Waals surface area contributed by atoms with Crippen molar-refractivity contribution in [1.29, 1.82) is 0 Å². The summed E-state index contributed by atoms with van der Waals surface area (Å²) in [6.45, 7) is 4.45. The Hall–Kier alpha value is -1.52. The lowest BCUT2D eigenvalue weighted by Gasteiger charge is -2.06. The van der Waals surface area contributed by atoms with Crippen LogP contribution in [-0.4, -0.2) is 23.2 Å². The van der Waals surface area contributed by atoms with Crippen LogP contribution in [0.5, 0.6) is 0 Å². The van der Waals surface area contributed by atoms with E-state index in [1.807, 2.05) is 5.32 Å². The van der Waals surface area contributed by atoms with Gasteiger partial charge in [-0.05, 0) is 6.92 Å². The number of alkyl carbamates (subject to hydrolysis) is 1. The smallest absolute Gasteiger partial charge is 0.412 e. The maximum Gasteiger partial charge on any atom is 0.412 e. The number of nitrogens with one attached hydrogen (secondary N) is 1. The molecule has 0 unspecified atom stereocenters. The Bertz CT molecular complexity index is 177. The summed E-state index contributed by atoms with van der Waals surface area (Å²) in [4.78, 5) is 20.6. The zero-order valence-corrected chi connectivity index (χ0v) is 6.03. The normalized spacial score (nSPS) is 11.4. The second-order valence-electron chi connectivity index (χ2n) is 1.78. The lowest BCUT2D eigenvalue weighted by atomic mass is 10.4. The van der Waals surface area contributed by atoms with Crippen LogP contribution in [0.15, 0.2) is 12.8 Å². The van der Waals surface area contributed by atoms with E-state index in [1.54, 1.807) is 0 Å². The van der Waals surface area contributed by atoms with Crippen molar-refractivity contribution in [3.63, 3.8) is 0 Å². The fraction of sp³-hybridized carbons (Fsp3) is 0.333. The molecular formula is C6H9NO4. The van der Waals surface area contributed by atoms with Crippen molar-refractivity contribution >= 4 is 12.1 Å². The Morgan fingerprint density at radius 3 is 2.64 bits per heavy atom. The van der Waals surface area contributed by atoms with Crippen molar-refractivity contribution in [1.82, 2.24) is 5.32 Å². The van der Waals surface area contributed by atoms with Crippen molar-refractivity contribution in [2.75, 3.05) is 0 Å². The summed E-state index contributed by atoms with van der Waals surface area (Å²) in [5, 5.41) is 10.4. The molecule has 0 aromatic rings. The molecule has 0 aliphatic carbocycles. The number of carboxylic acid groups (broad SMARTS) is 1. The number of rotatable bonds is 3. The van der Waals surface area contributed by atoms with Gasteiger partial charge in [-0.2, -0.15) is 0 Å². The molecule has 0 heterocycles. The van der Waals surface area contributed by atoms with Gasteiger partial charge in [-0.3, -0.25) is 4.79 Å². The number of carbonyl (C=O) groups excluding carboxylic acids is 1. The highest BCUT2D eigenvalue weighted by Crippen LogP contribution is 1.83. The quantitative estimate of drug-likeness (QED) is 0.582. The summed E-state index contributed by atoms with van der Waals surface area (Å²) in [6, 6.07) is -0.956.